The van der Waals surface area contributed by atoms with E-state index < -0.39 is 5.41 Å². The minimum absolute atomic E-state index is 0.564. The van der Waals surface area contributed by atoms with Crippen molar-refractivity contribution in [1.82, 2.24) is 14.8 Å². The van der Waals surface area contributed by atoms with Gasteiger partial charge in [-0.3, -0.25) is 5.10 Å². The molecule has 1 atom stereocenters. The molecule has 4 aromatic rings. The van der Waals surface area contributed by atoms with Crippen LogP contribution in [0, 0.1) is 11.3 Å². The molecule has 0 radical (unpaired) electrons. The Labute approximate surface area is 157 Å². The first-order valence-corrected chi connectivity index (χ1v) is 9.15. The second-order valence-corrected chi connectivity index (χ2v) is 7.36. The number of ether oxygens (including phenoxy) is 1. The van der Waals surface area contributed by atoms with Crippen molar-refractivity contribution in [3.8, 4) is 11.8 Å². The molecule has 2 heterocycles. The van der Waals surface area contributed by atoms with Gasteiger partial charge in [-0.1, -0.05) is 24.3 Å². The maximum absolute atomic E-state index is 10.3. The van der Waals surface area contributed by atoms with Gasteiger partial charge < -0.3 is 9.30 Å². The van der Waals surface area contributed by atoms with Gasteiger partial charge in [-0.05, 0) is 42.5 Å². The minimum Gasteiger partial charge on any atom is -0.495 e. The van der Waals surface area contributed by atoms with E-state index in [0.29, 0.717) is 6.42 Å². The standard InChI is InChI=1S/C22H20N4O/c1-26-18-6-4-3-5-15(18)20-16(7-8-19(27-2)21(20)26)22(13-23)10-9-17-14(11-22)12-24-25-17/h3-8,12H,9-11H2,1-2H3,(H,24,25). The summed E-state index contributed by atoms with van der Waals surface area (Å²) in [4.78, 5) is 0. The van der Waals surface area contributed by atoms with Crippen LogP contribution in [0.5, 0.6) is 5.75 Å². The quantitative estimate of drug-likeness (QED) is 0.590. The summed E-state index contributed by atoms with van der Waals surface area (Å²) in [5.41, 5.74) is 5.01. The number of H-pyrrole nitrogens is 1. The number of aromatic amines is 1. The van der Waals surface area contributed by atoms with E-state index in [0.717, 1.165) is 57.2 Å². The molecule has 0 aliphatic heterocycles. The van der Waals surface area contributed by atoms with E-state index >= 15 is 0 Å². The van der Waals surface area contributed by atoms with Crippen LogP contribution in [0.25, 0.3) is 21.8 Å². The summed E-state index contributed by atoms with van der Waals surface area (Å²) in [6, 6.07) is 15.1. The maximum atomic E-state index is 10.3. The predicted molar refractivity (Wildman–Crippen MR) is 105 cm³/mol. The summed E-state index contributed by atoms with van der Waals surface area (Å²) in [5, 5.41) is 19.9. The second kappa shape index (κ2) is 5.62. The number of nitrogens with zero attached hydrogens (tertiary/aromatic N) is 3. The molecule has 1 aliphatic rings. The Morgan fingerprint density at radius 1 is 1.26 bits per heavy atom. The third-order valence-electron chi connectivity index (χ3n) is 6.06. The largest absolute Gasteiger partial charge is 0.495 e. The Balaban J connectivity index is 1.87. The van der Waals surface area contributed by atoms with E-state index in [4.69, 9.17) is 4.74 Å². The van der Waals surface area contributed by atoms with E-state index in [-0.39, 0.29) is 0 Å². The molecule has 5 rings (SSSR count). The summed E-state index contributed by atoms with van der Waals surface area (Å²) in [6.07, 6.45) is 4.16. The Bertz CT molecular complexity index is 1230. The average Bonchev–Trinajstić information content (AvgIpc) is 3.30. The third-order valence-corrected chi connectivity index (χ3v) is 6.06. The van der Waals surface area contributed by atoms with Gasteiger partial charge in [0.25, 0.3) is 0 Å². The first-order valence-electron chi connectivity index (χ1n) is 9.15. The van der Waals surface area contributed by atoms with Crippen molar-refractivity contribution >= 4 is 21.8 Å². The van der Waals surface area contributed by atoms with Crippen LogP contribution in [0.3, 0.4) is 0 Å². The second-order valence-electron chi connectivity index (χ2n) is 7.36. The van der Waals surface area contributed by atoms with Crippen molar-refractivity contribution < 1.29 is 4.74 Å². The lowest BCUT2D eigenvalue weighted by Crippen LogP contribution is -2.32. The molecule has 0 bridgehead atoms. The van der Waals surface area contributed by atoms with Gasteiger partial charge in [0.05, 0.1) is 30.3 Å². The highest BCUT2D eigenvalue weighted by atomic mass is 16.5. The Morgan fingerprint density at radius 2 is 2.11 bits per heavy atom. The molecular formula is C22H20N4O. The zero-order chi connectivity index (χ0) is 18.6. The number of benzene rings is 2. The fourth-order valence-electron chi connectivity index (χ4n) is 4.68. The zero-order valence-corrected chi connectivity index (χ0v) is 15.4. The molecule has 1 unspecified atom stereocenters. The summed E-state index contributed by atoms with van der Waals surface area (Å²) in [6.45, 7) is 0. The molecular weight excluding hydrogens is 336 g/mol. The predicted octanol–water partition coefficient (Wildman–Crippen LogP) is 4.01. The fourth-order valence-corrected chi connectivity index (χ4v) is 4.68. The van der Waals surface area contributed by atoms with E-state index in [1.165, 1.54) is 0 Å². The van der Waals surface area contributed by atoms with Crippen molar-refractivity contribution in [1.29, 1.82) is 5.26 Å². The maximum Gasteiger partial charge on any atom is 0.143 e. The van der Waals surface area contributed by atoms with Crippen LogP contribution in [0.2, 0.25) is 0 Å². The summed E-state index contributed by atoms with van der Waals surface area (Å²) < 4.78 is 7.84. The van der Waals surface area contributed by atoms with Gasteiger partial charge in [0.1, 0.15) is 5.75 Å². The molecule has 0 spiro atoms. The lowest BCUT2D eigenvalue weighted by atomic mass is 9.69. The van der Waals surface area contributed by atoms with Crippen molar-refractivity contribution in [3.05, 3.63) is 59.4 Å². The normalized spacial score (nSPS) is 19.1. The van der Waals surface area contributed by atoms with Gasteiger partial charge in [-0.25, -0.2) is 0 Å². The van der Waals surface area contributed by atoms with Crippen molar-refractivity contribution in [2.24, 2.45) is 7.05 Å². The van der Waals surface area contributed by atoms with Crippen LogP contribution in [0.1, 0.15) is 23.2 Å². The number of aryl methyl sites for hydroxylation is 2. The third kappa shape index (κ3) is 2.07. The minimum atomic E-state index is -0.564. The first kappa shape index (κ1) is 16.0. The molecule has 1 N–H and O–H groups in total. The topological polar surface area (TPSA) is 66.6 Å². The van der Waals surface area contributed by atoms with Crippen LogP contribution in [-0.4, -0.2) is 21.9 Å². The summed E-state index contributed by atoms with van der Waals surface area (Å²) in [5.74, 6) is 0.834. The molecule has 134 valence electrons. The summed E-state index contributed by atoms with van der Waals surface area (Å²) in [7, 11) is 3.76. The number of rotatable bonds is 2. The number of methoxy groups -OCH3 is 1. The van der Waals surface area contributed by atoms with Crippen LogP contribution in [0.15, 0.2) is 42.6 Å². The van der Waals surface area contributed by atoms with Gasteiger partial charge in [0, 0.05) is 29.0 Å². The van der Waals surface area contributed by atoms with Crippen molar-refractivity contribution in [2.75, 3.05) is 7.11 Å². The smallest absolute Gasteiger partial charge is 0.143 e. The molecule has 0 amide bonds. The lowest BCUT2D eigenvalue weighted by Gasteiger charge is -2.31. The Hall–Kier alpha value is -3.26. The molecule has 0 saturated carbocycles. The van der Waals surface area contributed by atoms with Gasteiger partial charge >= 0.3 is 0 Å². The first-order chi connectivity index (χ1) is 13.2. The number of fused-ring (bicyclic) bond motifs is 4. The van der Waals surface area contributed by atoms with Crippen LogP contribution >= 0.6 is 0 Å². The van der Waals surface area contributed by atoms with Crippen LogP contribution in [-0.2, 0) is 25.3 Å². The number of nitriles is 1. The molecule has 1 aliphatic carbocycles. The molecule has 5 nitrogen and oxygen atoms in total. The van der Waals surface area contributed by atoms with Gasteiger partial charge in [-0.15, -0.1) is 0 Å². The molecule has 0 saturated heterocycles. The van der Waals surface area contributed by atoms with E-state index in [1.54, 1.807) is 7.11 Å². The number of para-hydroxylation sites is 1. The highest BCUT2D eigenvalue weighted by Crippen LogP contribution is 2.45. The van der Waals surface area contributed by atoms with Crippen LogP contribution in [0.4, 0.5) is 0 Å². The number of hydrogen-bond donors (Lipinski definition) is 1. The van der Waals surface area contributed by atoms with E-state index in [2.05, 4.69) is 52.1 Å². The monoisotopic (exact) mass is 356 g/mol. The molecule has 27 heavy (non-hydrogen) atoms. The van der Waals surface area contributed by atoms with Gasteiger partial charge in [0.2, 0.25) is 0 Å². The Kier molecular flexibility index (Phi) is 3.32. The molecule has 2 aromatic carbocycles. The van der Waals surface area contributed by atoms with Crippen molar-refractivity contribution in [3.63, 3.8) is 0 Å². The molecule has 2 aromatic heterocycles. The number of aromatic nitrogens is 3. The van der Waals surface area contributed by atoms with E-state index in [9.17, 15) is 5.26 Å². The fraction of sp³-hybridized carbons (Fsp3) is 0.273. The SMILES string of the molecule is COc1ccc(C2(C#N)CCc3[nH]ncc3C2)c2c3ccccc3n(C)c12. The highest BCUT2D eigenvalue weighted by Gasteiger charge is 2.39. The lowest BCUT2D eigenvalue weighted by molar-refractivity contribution is 0.417. The summed E-state index contributed by atoms with van der Waals surface area (Å²) >= 11 is 0. The average molecular weight is 356 g/mol. The van der Waals surface area contributed by atoms with Crippen molar-refractivity contribution in [2.45, 2.75) is 24.7 Å². The molecule has 0 fully saturated rings. The molecule has 5 heteroatoms. The van der Waals surface area contributed by atoms with Gasteiger partial charge in [0.15, 0.2) is 0 Å². The highest BCUT2D eigenvalue weighted by molar-refractivity contribution is 6.12. The van der Waals surface area contributed by atoms with E-state index in [1.807, 2.05) is 18.3 Å². The number of hydrogen-bond acceptors (Lipinski definition) is 3. The number of nitrogens with one attached hydrogen (secondary N) is 1. The van der Waals surface area contributed by atoms with Crippen LogP contribution < -0.4 is 4.74 Å². The Morgan fingerprint density at radius 3 is 2.93 bits per heavy atom. The zero-order valence-electron chi connectivity index (χ0n) is 15.4. The van der Waals surface area contributed by atoms with Gasteiger partial charge in [-0.2, -0.15) is 10.4 Å².